The average molecular weight is 430 g/mol. The van der Waals surface area contributed by atoms with Gasteiger partial charge in [-0.15, -0.1) is 11.3 Å². The van der Waals surface area contributed by atoms with Crippen molar-refractivity contribution in [3.8, 4) is 0 Å². The van der Waals surface area contributed by atoms with Crippen LogP contribution >= 0.6 is 11.3 Å². The summed E-state index contributed by atoms with van der Waals surface area (Å²) in [6.07, 6.45) is 2.98. The molecule has 2 aliphatic rings. The molecule has 4 rings (SSSR count). The summed E-state index contributed by atoms with van der Waals surface area (Å²) in [5, 5.41) is 3.54. The molecule has 0 unspecified atom stereocenters. The number of hydrogen-bond acceptors (Lipinski definition) is 6. The van der Waals surface area contributed by atoms with E-state index in [9.17, 15) is 14.4 Å². The fourth-order valence-electron chi connectivity index (χ4n) is 4.43. The van der Waals surface area contributed by atoms with Crippen LogP contribution in [0.25, 0.3) is 10.2 Å². The predicted octanol–water partition coefficient (Wildman–Crippen LogP) is 3.87. The van der Waals surface area contributed by atoms with Gasteiger partial charge < -0.3 is 10.1 Å². The van der Waals surface area contributed by atoms with E-state index in [1.165, 1.54) is 11.3 Å². The van der Waals surface area contributed by atoms with E-state index in [-0.39, 0.29) is 24.5 Å². The lowest BCUT2D eigenvalue weighted by molar-refractivity contribution is -0.149. The molecule has 1 aliphatic heterocycles. The van der Waals surface area contributed by atoms with Gasteiger partial charge in [0.1, 0.15) is 23.7 Å². The fourth-order valence-corrected chi connectivity index (χ4v) is 5.31. The summed E-state index contributed by atoms with van der Waals surface area (Å²) in [7, 11) is 0. The number of amides is 3. The molecule has 1 spiro atoms. The van der Waals surface area contributed by atoms with Crippen LogP contribution in [-0.2, 0) is 20.9 Å². The van der Waals surface area contributed by atoms with Crippen LogP contribution in [0.4, 0.5) is 4.79 Å². The molecule has 8 heteroatoms. The van der Waals surface area contributed by atoms with Crippen LogP contribution in [-0.4, -0.2) is 39.9 Å². The standard InChI is InChI=1S/C22H27N3O4S/c1-21(2,3)14-8-10-22(11-9-14)19(27)25(20(28)24-22)12-18(26)29-13-17-23-15-6-4-5-7-16(15)30-17/h4-7,14H,8-13H2,1-3H3,(H,24,28). The zero-order chi connectivity index (χ0) is 21.5. The Morgan fingerprint density at radius 3 is 2.63 bits per heavy atom. The van der Waals surface area contributed by atoms with E-state index in [1.54, 1.807) is 0 Å². The van der Waals surface area contributed by atoms with Crippen molar-refractivity contribution < 1.29 is 19.1 Å². The summed E-state index contributed by atoms with van der Waals surface area (Å²) in [5.74, 6) is -0.407. The minimum atomic E-state index is -0.869. The molecule has 3 amide bonds. The Morgan fingerprint density at radius 1 is 1.27 bits per heavy atom. The molecule has 0 bridgehead atoms. The SMILES string of the molecule is CC(C)(C)C1CCC2(CC1)NC(=O)N(CC(=O)OCc1nc3ccccc3s1)C2=O. The number of hydrogen-bond donors (Lipinski definition) is 1. The number of benzene rings is 1. The molecule has 1 N–H and O–H groups in total. The van der Waals surface area contributed by atoms with Crippen LogP contribution < -0.4 is 5.32 Å². The van der Waals surface area contributed by atoms with Crippen molar-refractivity contribution in [2.75, 3.05) is 6.54 Å². The summed E-state index contributed by atoms with van der Waals surface area (Å²) in [5.41, 5.74) is 0.166. The zero-order valence-electron chi connectivity index (χ0n) is 17.6. The molecule has 1 aliphatic carbocycles. The van der Waals surface area contributed by atoms with Crippen LogP contribution in [0.3, 0.4) is 0 Å². The minimum Gasteiger partial charge on any atom is -0.457 e. The number of ether oxygens (including phenoxy) is 1. The molecule has 2 fully saturated rings. The number of nitrogens with zero attached hydrogens (tertiary/aromatic N) is 2. The van der Waals surface area contributed by atoms with E-state index in [2.05, 4.69) is 31.1 Å². The van der Waals surface area contributed by atoms with E-state index in [4.69, 9.17) is 4.74 Å². The Labute approximate surface area is 179 Å². The van der Waals surface area contributed by atoms with Crippen molar-refractivity contribution in [1.82, 2.24) is 15.2 Å². The second-order valence-corrected chi connectivity index (χ2v) is 10.4. The Kier molecular flexibility index (Phi) is 5.30. The summed E-state index contributed by atoms with van der Waals surface area (Å²) in [4.78, 5) is 43.2. The lowest BCUT2D eigenvalue weighted by Crippen LogP contribution is -2.50. The Balaban J connectivity index is 1.34. The molecule has 0 atom stereocenters. The highest BCUT2D eigenvalue weighted by Crippen LogP contribution is 2.43. The normalized spacial score (nSPS) is 24.5. The van der Waals surface area contributed by atoms with Gasteiger partial charge in [0.2, 0.25) is 0 Å². The fraction of sp³-hybridized carbons (Fsp3) is 0.545. The highest BCUT2D eigenvalue weighted by Gasteiger charge is 2.53. The van der Waals surface area contributed by atoms with Gasteiger partial charge in [0.25, 0.3) is 5.91 Å². The molecule has 30 heavy (non-hydrogen) atoms. The van der Waals surface area contributed by atoms with Gasteiger partial charge in [-0.2, -0.15) is 0 Å². The van der Waals surface area contributed by atoms with Gasteiger partial charge in [-0.05, 0) is 49.1 Å². The Hall–Kier alpha value is -2.48. The van der Waals surface area contributed by atoms with Gasteiger partial charge in [0.05, 0.1) is 10.2 Å². The predicted molar refractivity (Wildman–Crippen MR) is 114 cm³/mol. The van der Waals surface area contributed by atoms with E-state index < -0.39 is 17.5 Å². The molecular weight excluding hydrogens is 402 g/mol. The number of carbonyl (C=O) groups is 3. The second kappa shape index (κ2) is 7.65. The Morgan fingerprint density at radius 2 is 1.97 bits per heavy atom. The second-order valence-electron chi connectivity index (χ2n) is 9.28. The van der Waals surface area contributed by atoms with Gasteiger partial charge in [-0.25, -0.2) is 9.78 Å². The Bertz CT molecular complexity index is 953. The summed E-state index contributed by atoms with van der Waals surface area (Å²) in [6, 6.07) is 7.18. The first kappa shape index (κ1) is 20.8. The van der Waals surface area contributed by atoms with Crippen molar-refractivity contribution in [3.05, 3.63) is 29.3 Å². The number of rotatable bonds is 4. The monoisotopic (exact) mass is 429 g/mol. The van der Waals surface area contributed by atoms with Crippen LogP contribution in [0, 0.1) is 11.3 Å². The number of esters is 1. The molecule has 1 aromatic carbocycles. The van der Waals surface area contributed by atoms with Crippen molar-refractivity contribution in [3.63, 3.8) is 0 Å². The quantitative estimate of drug-likeness (QED) is 0.589. The van der Waals surface area contributed by atoms with Gasteiger partial charge >= 0.3 is 12.0 Å². The van der Waals surface area contributed by atoms with Crippen molar-refractivity contribution in [2.45, 2.75) is 58.6 Å². The number of thiazole rings is 1. The van der Waals surface area contributed by atoms with Crippen LogP contribution in [0.15, 0.2) is 24.3 Å². The number of carbonyl (C=O) groups excluding carboxylic acids is 3. The van der Waals surface area contributed by atoms with E-state index >= 15 is 0 Å². The summed E-state index contributed by atoms with van der Waals surface area (Å²) >= 11 is 1.45. The molecule has 160 valence electrons. The third-order valence-electron chi connectivity index (χ3n) is 6.29. The molecule has 1 saturated carbocycles. The molecule has 1 aromatic heterocycles. The summed E-state index contributed by atoms with van der Waals surface area (Å²) < 4.78 is 6.31. The van der Waals surface area contributed by atoms with Crippen molar-refractivity contribution >= 4 is 39.5 Å². The summed E-state index contributed by atoms with van der Waals surface area (Å²) in [6.45, 7) is 6.27. The van der Waals surface area contributed by atoms with Gasteiger partial charge in [-0.3, -0.25) is 14.5 Å². The third kappa shape index (κ3) is 3.93. The molecule has 0 radical (unpaired) electrons. The van der Waals surface area contributed by atoms with E-state index in [1.807, 2.05) is 24.3 Å². The molecule has 1 saturated heterocycles. The van der Waals surface area contributed by atoms with Crippen LogP contribution in [0.5, 0.6) is 0 Å². The van der Waals surface area contributed by atoms with Crippen LogP contribution in [0.1, 0.15) is 51.5 Å². The van der Waals surface area contributed by atoms with Crippen molar-refractivity contribution in [2.24, 2.45) is 11.3 Å². The van der Waals surface area contributed by atoms with Gasteiger partial charge in [-0.1, -0.05) is 32.9 Å². The number of urea groups is 1. The molecule has 7 nitrogen and oxygen atoms in total. The minimum absolute atomic E-state index is 0.0280. The smallest absolute Gasteiger partial charge is 0.326 e. The first-order valence-electron chi connectivity index (χ1n) is 10.3. The zero-order valence-corrected chi connectivity index (χ0v) is 18.4. The maximum Gasteiger partial charge on any atom is 0.326 e. The first-order valence-corrected chi connectivity index (χ1v) is 11.1. The van der Waals surface area contributed by atoms with Gasteiger partial charge in [0, 0.05) is 0 Å². The first-order chi connectivity index (χ1) is 14.2. The van der Waals surface area contributed by atoms with Crippen LogP contribution in [0.2, 0.25) is 0 Å². The maximum absolute atomic E-state index is 13.0. The van der Waals surface area contributed by atoms with E-state index in [0.29, 0.717) is 23.8 Å². The third-order valence-corrected chi connectivity index (χ3v) is 7.30. The van der Waals surface area contributed by atoms with Gasteiger partial charge in [0.15, 0.2) is 0 Å². The number of fused-ring (bicyclic) bond motifs is 1. The highest BCUT2D eigenvalue weighted by molar-refractivity contribution is 7.18. The molecule has 2 heterocycles. The van der Waals surface area contributed by atoms with Crippen molar-refractivity contribution in [1.29, 1.82) is 0 Å². The van der Waals surface area contributed by atoms with E-state index in [0.717, 1.165) is 28.0 Å². The molecular formula is C22H27N3O4S. The topological polar surface area (TPSA) is 88.6 Å². The number of para-hydroxylation sites is 1. The molecule has 2 aromatic rings. The average Bonchev–Trinajstić information content (AvgIpc) is 3.21. The number of aromatic nitrogens is 1. The maximum atomic E-state index is 13.0. The largest absolute Gasteiger partial charge is 0.457 e. The lowest BCUT2D eigenvalue weighted by atomic mass is 9.67. The number of imide groups is 1. The highest BCUT2D eigenvalue weighted by atomic mass is 32.1. The lowest BCUT2D eigenvalue weighted by Gasteiger charge is -2.40. The number of nitrogens with one attached hydrogen (secondary N) is 1.